The Hall–Kier alpha value is -1.67. The minimum absolute atomic E-state index is 0.0162. The molecule has 0 unspecified atom stereocenters. The van der Waals surface area contributed by atoms with Crippen molar-refractivity contribution < 1.29 is 0 Å². The van der Waals surface area contributed by atoms with Crippen LogP contribution in [0.4, 0.5) is 0 Å². The number of rotatable bonds is 2. The van der Waals surface area contributed by atoms with E-state index in [-0.39, 0.29) is 11.5 Å². The minimum atomic E-state index is -0.0545. The summed E-state index contributed by atoms with van der Waals surface area (Å²) < 4.78 is 0. The first-order valence-corrected chi connectivity index (χ1v) is 6.26. The van der Waals surface area contributed by atoms with Gasteiger partial charge in [0.25, 0.3) is 0 Å². The van der Waals surface area contributed by atoms with Gasteiger partial charge < -0.3 is 5.73 Å². The van der Waals surface area contributed by atoms with E-state index in [2.05, 4.69) is 37.9 Å². The highest BCUT2D eigenvalue weighted by Gasteiger charge is 2.23. The summed E-state index contributed by atoms with van der Waals surface area (Å²) in [6.07, 6.45) is 0. The zero-order chi connectivity index (χ0) is 13.2. The molecule has 2 aromatic rings. The van der Waals surface area contributed by atoms with Gasteiger partial charge in [-0.25, -0.2) is 0 Å². The number of benzene rings is 1. The predicted molar refractivity (Wildman–Crippen MR) is 76.1 cm³/mol. The second-order valence-corrected chi connectivity index (χ2v) is 5.66. The van der Waals surface area contributed by atoms with Gasteiger partial charge in [0.15, 0.2) is 0 Å². The first kappa shape index (κ1) is 12.8. The van der Waals surface area contributed by atoms with Crippen LogP contribution in [0, 0.1) is 5.41 Å². The van der Waals surface area contributed by atoms with Gasteiger partial charge >= 0.3 is 0 Å². The van der Waals surface area contributed by atoms with Crippen molar-refractivity contribution in [1.82, 2.24) is 4.98 Å². The number of pyridine rings is 1. The van der Waals surface area contributed by atoms with Gasteiger partial charge in [-0.05, 0) is 17.5 Å². The van der Waals surface area contributed by atoms with Gasteiger partial charge in [0.1, 0.15) is 0 Å². The summed E-state index contributed by atoms with van der Waals surface area (Å²) in [7, 11) is 0. The average Bonchev–Trinajstić information content (AvgIpc) is 2.38. The van der Waals surface area contributed by atoms with Crippen LogP contribution < -0.4 is 5.73 Å². The van der Waals surface area contributed by atoms with Crippen molar-refractivity contribution in [3.8, 4) is 11.3 Å². The summed E-state index contributed by atoms with van der Waals surface area (Å²) in [6, 6.07) is 16.2. The van der Waals surface area contributed by atoms with Crippen LogP contribution in [-0.2, 0) is 0 Å². The fourth-order valence-corrected chi connectivity index (χ4v) is 1.84. The molecule has 2 rings (SSSR count). The maximum absolute atomic E-state index is 6.26. The summed E-state index contributed by atoms with van der Waals surface area (Å²) in [5.41, 5.74) is 9.33. The van der Waals surface area contributed by atoms with E-state index < -0.39 is 0 Å². The molecule has 0 aliphatic heterocycles. The lowest BCUT2D eigenvalue weighted by Crippen LogP contribution is -2.27. The molecule has 0 fully saturated rings. The molecule has 1 aromatic carbocycles. The third-order valence-corrected chi connectivity index (χ3v) is 3.09. The second-order valence-electron chi connectivity index (χ2n) is 5.66. The molecule has 1 heterocycles. The largest absolute Gasteiger partial charge is 0.322 e. The summed E-state index contributed by atoms with van der Waals surface area (Å²) in [5.74, 6) is 0. The SMILES string of the molecule is CC(C)(C)[C@H](N)c1cccc(-c2ccccc2)n1. The number of hydrogen-bond acceptors (Lipinski definition) is 2. The van der Waals surface area contributed by atoms with Crippen LogP contribution in [0.1, 0.15) is 32.5 Å². The van der Waals surface area contributed by atoms with Gasteiger partial charge in [-0.1, -0.05) is 57.2 Å². The lowest BCUT2D eigenvalue weighted by atomic mass is 9.85. The highest BCUT2D eigenvalue weighted by molar-refractivity contribution is 5.58. The van der Waals surface area contributed by atoms with Crippen molar-refractivity contribution in [2.75, 3.05) is 0 Å². The Morgan fingerprint density at radius 2 is 1.61 bits per heavy atom. The van der Waals surface area contributed by atoms with Crippen LogP contribution in [0.15, 0.2) is 48.5 Å². The maximum Gasteiger partial charge on any atom is 0.0706 e. The molecule has 2 heteroatoms. The molecule has 0 saturated heterocycles. The highest BCUT2D eigenvalue weighted by atomic mass is 14.8. The van der Waals surface area contributed by atoms with Crippen LogP contribution in [0.5, 0.6) is 0 Å². The third kappa shape index (κ3) is 2.77. The molecule has 94 valence electrons. The van der Waals surface area contributed by atoms with Crippen LogP contribution in [-0.4, -0.2) is 4.98 Å². The Labute approximate surface area is 109 Å². The fraction of sp³-hybridized carbons (Fsp3) is 0.312. The molecule has 1 atom stereocenters. The van der Waals surface area contributed by atoms with Crippen LogP contribution in [0.25, 0.3) is 11.3 Å². The molecule has 0 amide bonds. The van der Waals surface area contributed by atoms with E-state index in [4.69, 9.17) is 5.73 Å². The molecular weight excluding hydrogens is 220 g/mol. The fourth-order valence-electron chi connectivity index (χ4n) is 1.84. The van der Waals surface area contributed by atoms with Gasteiger partial charge in [0, 0.05) is 5.56 Å². The molecule has 0 saturated carbocycles. The maximum atomic E-state index is 6.26. The van der Waals surface area contributed by atoms with E-state index in [9.17, 15) is 0 Å². The van der Waals surface area contributed by atoms with Crippen molar-refractivity contribution in [3.05, 3.63) is 54.2 Å². The van der Waals surface area contributed by atoms with E-state index in [1.165, 1.54) is 0 Å². The molecule has 0 spiro atoms. The lowest BCUT2D eigenvalue weighted by Gasteiger charge is -2.26. The minimum Gasteiger partial charge on any atom is -0.322 e. The Balaban J connectivity index is 2.37. The van der Waals surface area contributed by atoms with Gasteiger partial charge in [-0.3, -0.25) is 4.98 Å². The van der Waals surface area contributed by atoms with Crippen LogP contribution >= 0.6 is 0 Å². The van der Waals surface area contributed by atoms with Crippen molar-refractivity contribution in [1.29, 1.82) is 0 Å². The Bertz CT molecular complexity index is 512. The summed E-state index contributed by atoms with van der Waals surface area (Å²) in [4.78, 5) is 4.68. The summed E-state index contributed by atoms with van der Waals surface area (Å²) in [6.45, 7) is 6.40. The first-order chi connectivity index (χ1) is 8.48. The molecule has 0 bridgehead atoms. The van der Waals surface area contributed by atoms with Gasteiger partial charge in [-0.2, -0.15) is 0 Å². The smallest absolute Gasteiger partial charge is 0.0706 e. The molecule has 2 nitrogen and oxygen atoms in total. The van der Waals surface area contributed by atoms with Gasteiger partial charge in [0.2, 0.25) is 0 Å². The van der Waals surface area contributed by atoms with Crippen LogP contribution in [0.3, 0.4) is 0 Å². The first-order valence-electron chi connectivity index (χ1n) is 6.26. The number of aromatic nitrogens is 1. The van der Waals surface area contributed by atoms with E-state index in [1.54, 1.807) is 0 Å². The Morgan fingerprint density at radius 1 is 0.944 bits per heavy atom. The van der Waals surface area contributed by atoms with Gasteiger partial charge in [-0.15, -0.1) is 0 Å². The zero-order valence-electron chi connectivity index (χ0n) is 11.2. The Morgan fingerprint density at radius 3 is 2.22 bits per heavy atom. The monoisotopic (exact) mass is 240 g/mol. The second kappa shape index (κ2) is 4.91. The standard InChI is InChI=1S/C16H20N2/c1-16(2,3)15(17)14-11-7-10-13(18-14)12-8-5-4-6-9-12/h4-11,15H,17H2,1-3H3/t15-/m1/s1. The van der Waals surface area contributed by atoms with Crippen LogP contribution in [0.2, 0.25) is 0 Å². The third-order valence-electron chi connectivity index (χ3n) is 3.09. The molecule has 0 aliphatic carbocycles. The van der Waals surface area contributed by atoms with Crippen molar-refractivity contribution in [2.45, 2.75) is 26.8 Å². The predicted octanol–water partition coefficient (Wildman–Crippen LogP) is 3.79. The lowest BCUT2D eigenvalue weighted by molar-refractivity contribution is 0.321. The van der Waals surface area contributed by atoms with Crippen molar-refractivity contribution in [2.24, 2.45) is 11.1 Å². The van der Waals surface area contributed by atoms with Gasteiger partial charge in [0.05, 0.1) is 17.4 Å². The quantitative estimate of drug-likeness (QED) is 0.867. The van der Waals surface area contributed by atoms with E-state index in [0.29, 0.717) is 0 Å². The average molecular weight is 240 g/mol. The number of nitrogens with two attached hydrogens (primary N) is 1. The topological polar surface area (TPSA) is 38.9 Å². The summed E-state index contributed by atoms with van der Waals surface area (Å²) >= 11 is 0. The molecular formula is C16H20N2. The van der Waals surface area contributed by atoms with E-state index in [1.807, 2.05) is 36.4 Å². The van der Waals surface area contributed by atoms with Crippen molar-refractivity contribution in [3.63, 3.8) is 0 Å². The van der Waals surface area contributed by atoms with E-state index >= 15 is 0 Å². The summed E-state index contributed by atoms with van der Waals surface area (Å²) in [5, 5.41) is 0. The normalized spacial score (nSPS) is 13.3. The molecule has 0 aliphatic rings. The molecule has 18 heavy (non-hydrogen) atoms. The highest BCUT2D eigenvalue weighted by Crippen LogP contribution is 2.30. The zero-order valence-corrected chi connectivity index (χ0v) is 11.2. The molecule has 2 N–H and O–H groups in total. The molecule has 1 aromatic heterocycles. The Kier molecular flexibility index (Phi) is 3.48. The number of nitrogens with zero attached hydrogens (tertiary/aromatic N) is 1. The van der Waals surface area contributed by atoms with Crippen molar-refractivity contribution >= 4 is 0 Å². The van der Waals surface area contributed by atoms with E-state index in [0.717, 1.165) is 17.0 Å². The molecule has 0 radical (unpaired) electrons. The number of hydrogen-bond donors (Lipinski definition) is 1.